The standard InChI is InChI=1S/C12H16N4O/c1-3-6-16-11(8-14-15-16)9-4-5-12(17-2)10(13)7-9/h4-5,7-8H,3,6,13H2,1-2H3. The zero-order chi connectivity index (χ0) is 12.3. The maximum atomic E-state index is 5.89. The molecule has 1 aromatic heterocycles. The molecule has 0 saturated heterocycles. The topological polar surface area (TPSA) is 66.0 Å². The zero-order valence-corrected chi connectivity index (χ0v) is 10.1. The number of benzene rings is 1. The summed E-state index contributed by atoms with van der Waals surface area (Å²) in [6.07, 6.45) is 2.76. The first-order valence-corrected chi connectivity index (χ1v) is 5.58. The van der Waals surface area contributed by atoms with Crippen molar-refractivity contribution in [1.82, 2.24) is 15.0 Å². The van der Waals surface area contributed by atoms with E-state index in [-0.39, 0.29) is 0 Å². The maximum Gasteiger partial charge on any atom is 0.141 e. The fourth-order valence-corrected chi connectivity index (χ4v) is 1.75. The number of hydrogen-bond acceptors (Lipinski definition) is 4. The number of aromatic nitrogens is 3. The van der Waals surface area contributed by atoms with Crippen LogP contribution in [0, 0.1) is 0 Å². The Morgan fingerprint density at radius 2 is 2.24 bits per heavy atom. The first-order valence-electron chi connectivity index (χ1n) is 5.58. The lowest BCUT2D eigenvalue weighted by molar-refractivity contribution is 0.417. The molecule has 2 rings (SSSR count). The molecule has 0 aliphatic heterocycles. The van der Waals surface area contributed by atoms with Crippen molar-refractivity contribution in [3.05, 3.63) is 24.4 Å². The Hall–Kier alpha value is -2.04. The lowest BCUT2D eigenvalue weighted by Crippen LogP contribution is -2.02. The van der Waals surface area contributed by atoms with Gasteiger partial charge in [-0.05, 0) is 24.6 Å². The molecule has 0 aliphatic carbocycles. The maximum absolute atomic E-state index is 5.89. The van der Waals surface area contributed by atoms with Crippen LogP contribution in [0.3, 0.4) is 0 Å². The van der Waals surface area contributed by atoms with Gasteiger partial charge in [-0.25, -0.2) is 4.68 Å². The van der Waals surface area contributed by atoms with Crippen molar-refractivity contribution < 1.29 is 4.74 Å². The first kappa shape index (κ1) is 11.4. The minimum Gasteiger partial charge on any atom is -0.495 e. The van der Waals surface area contributed by atoms with E-state index < -0.39 is 0 Å². The van der Waals surface area contributed by atoms with Gasteiger partial charge in [-0.15, -0.1) is 5.10 Å². The summed E-state index contributed by atoms with van der Waals surface area (Å²) in [5.74, 6) is 0.684. The number of nitrogens with zero attached hydrogens (tertiary/aromatic N) is 3. The van der Waals surface area contributed by atoms with Crippen LogP contribution in [0.5, 0.6) is 5.75 Å². The molecule has 5 nitrogen and oxygen atoms in total. The quantitative estimate of drug-likeness (QED) is 0.818. The van der Waals surface area contributed by atoms with E-state index in [1.807, 2.05) is 22.9 Å². The molecule has 0 fully saturated rings. The fraction of sp³-hybridized carbons (Fsp3) is 0.333. The number of anilines is 1. The molecule has 17 heavy (non-hydrogen) atoms. The van der Waals surface area contributed by atoms with Crippen molar-refractivity contribution in [2.24, 2.45) is 0 Å². The van der Waals surface area contributed by atoms with Gasteiger partial charge in [-0.1, -0.05) is 12.1 Å². The monoisotopic (exact) mass is 232 g/mol. The van der Waals surface area contributed by atoms with Crippen LogP contribution >= 0.6 is 0 Å². The summed E-state index contributed by atoms with van der Waals surface area (Å²) in [7, 11) is 1.61. The Bertz CT molecular complexity index is 507. The average molecular weight is 232 g/mol. The highest BCUT2D eigenvalue weighted by Crippen LogP contribution is 2.27. The van der Waals surface area contributed by atoms with Gasteiger partial charge in [0.05, 0.1) is 24.7 Å². The van der Waals surface area contributed by atoms with Gasteiger partial charge in [0, 0.05) is 12.1 Å². The number of rotatable bonds is 4. The number of nitrogen functional groups attached to an aromatic ring is 1. The predicted molar refractivity (Wildman–Crippen MR) is 66.7 cm³/mol. The van der Waals surface area contributed by atoms with Crippen LogP contribution in [-0.2, 0) is 6.54 Å². The van der Waals surface area contributed by atoms with E-state index in [0.29, 0.717) is 11.4 Å². The smallest absolute Gasteiger partial charge is 0.141 e. The third-order valence-electron chi connectivity index (χ3n) is 2.58. The summed E-state index contributed by atoms with van der Waals surface area (Å²) in [4.78, 5) is 0. The van der Waals surface area contributed by atoms with Crippen molar-refractivity contribution in [3.63, 3.8) is 0 Å². The second-order valence-corrected chi connectivity index (χ2v) is 3.80. The Balaban J connectivity index is 2.39. The number of hydrogen-bond donors (Lipinski definition) is 1. The minimum atomic E-state index is 0.620. The Morgan fingerprint density at radius 3 is 2.88 bits per heavy atom. The number of ether oxygens (including phenoxy) is 1. The predicted octanol–water partition coefficient (Wildman–Crippen LogP) is 1.95. The Kier molecular flexibility index (Phi) is 3.27. The molecule has 5 heteroatoms. The second-order valence-electron chi connectivity index (χ2n) is 3.80. The van der Waals surface area contributed by atoms with Crippen LogP contribution in [0.25, 0.3) is 11.3 Å². The Labute approximate surface area is 100 Å². The van der Waals surface area contributed by atoms with E-state index in [1.165, 1.54) is 0 Å². The molecule has 0 amide bonds. The molecule has 1 heterocycles. The van der Waals surface area contributed by atoms with Crippen molar-refractivity contribution in [1.29, 1.82) is 0 Å². The third-order valence-corrected chi connectivity index (χ3v) is 2.58. The van der Waals surface area contributed by atoms with E-state index in [4.69, 9.17) is 10.5 Å². The van der Waals surface area contributed by atoms with E-state index in [1.54, 1.807) is 13.3 Å². The van der Waals surface area contributed by atoms with Gasteiger partial charge in [-0.2, -0.15) is 0 Å². The van der Waals surface area contributed by atoms with Gasteiger partial charge in [0.1, 0.15) is 5.75 Å². The number of methoxy groups -OCH3 is 1. The van der Waals surface area contributed by atoms with Crippen LogP contribution in [0.15, 0.2) is 24.4 Å². The van der Waals surface area contributed by atoms with Gasteiger partial charge in [0.15, 0.2) is 0 Å². The summed E-state index contributed by atoms with van der Waals surface area (Å²) in [5, 5.41) is 7.98. The lowest BCUT2D eigenvalue weighted by Gasteiger charge is -2.08. The zero-order valence-electron chi connectivity index (χ0n) is 10.1. The van der Waals surface area contributed by atoms with E-state index in [9.17, 15) is 0 Å². The molecule has 90 valence electrons. The van der Waals surface area contributed by atoms with E-state index in [0.717, 1.165) is 24.2 Å². The van der Waals surface area contributed by atoms with Gasteiger partial charge in [0.25, 0.3) is 0 Å². The fourth-order valence-electron chi connectivity index (χ4n) is 1.75. The third kappa shape index (κ3) is 2.22. The first-order chi connectivity index (χ1) is 8.26. The summed E-state index contributed by atoms with van der Waals surface area (Å²) < 4.78 is 7.01. The lowest BCUT2D eigenvalue weighted by atomic mass is 10.1. The van der Waals surface area contributed by atoms with Gasteiger partial charge < -0.3 is 10.5 Å². The largest absolute Gasteiger partial charge is 0.495 e. The van der Waals surface area contributed by atoms with Gasteiger partial charge in [-0.3, -0.25) is 0 Å². The average Bonchev–Trinajstić information content (AvgIpc) is 2.78. The molecule has 0 unspecified atom stereocenters. The molecule has 0 aliphatic rings. The van der Waals surface area contributed by atoms with Crippen molar-refractivity contribution in [2.45, 2.75) is 19.9 Å². The molecule has 0 bridgehead atoms. The van der Waals surface area contributed by atoms with Gasteiger partial charge >= 0.3 is 0 Å². The highest BCUT2D eigenvalue weighted by molar-refractivity contribution is 5.67. The molecule has 2 aromatic rings. The van der Waals surface area contributed by atoms with E-state index in [2.05, 4.69) is 17.2 Å². The molecule has 1 aromatic carbocycles. The van der Waals surface area contributed by atoms with Crippen molar-refractivity contribution in [3.8, 4) is 17.0 Å². The van der Waals surface area contributed by atoms with Crippen LogP contribution in [0.4, 0.5) is 5.69 Å². The number of aryl methyl sites for hydroxylation is 1. The van der Waals surface area contributed by atoms with Crippen LogP contribution in [-0.4, -0.2) is 22.1 Å². The summed E-state index contributed by atoms with van der Waals surface area (Å²) in [5.41, 5.74) is 8.48. The SMILES string of the molecule is CCCn1nncc1-c1ccc(OC)c(N)c1. The minimum absolute atomic E-state index is 0.620. The molecular weight excluding hydrogens is 216 g/mol. The highest BCUT2D eigenvalue weighted by atomic mass is 16.5. The highest BCUT2D eigenvalue weighted by Gasteiger charge is 2.08. The molecule has 0 atom stereocenters. The van der Waals surface area contributed by atoms with Crippen molar-refractivity contribution in [2.75, 3.05) is 12.8 Å². The van der Waals surface area contributed by atoms with Crippen LogP contribution in [0.2, 0.25) is 0 Å². The van der Waals surface area contributed by atoms with E-state index >= 15 is 0 Å². The second kappa shape index (κ2) is 4.86. The van der Waals surface area contributed by atoms with Crippen LogP contribution < -0.4 is 10.5 Å². The van der Waals surface area contributed by atoms with Crippen LogP contribution in [0.1, 0.15) is 13.3 Å². The van der Waals surface area contributed by atoms with Crippen molar-refractivity contribution >= 4 is 5.69 Å². The van der Waals surface area contributed by atoms with Gasteiger partial charge in [0.2, 0.25) is 0 Å². The summed E-state index contributed by atoms with van der Waals surface area (Å²) >= 11 is 0. The molecule has 0 radical (unpaired) electrons. The normalized spacial score (nSPS) is 10.5. The molecule has 0 spiro atoms. The summed E-state index contributed by atoms with van der Waals surface area (Å²) in [6, 6.07) is 5.69. The number of nitrogens with two attached hydrogens (primary N) is 1. The molecule has 2 N–H and O–H groups in total. The summed E-state index contributed by atoms with van der Waals surface area (Å²) in [6.45, 7) is 2.95. The molecule has 0 saturated carbocycles. The Morgan fingerprint density at radius 1 is 1.41 bits per heavy atom. The molecular formula is C12H16N4O.